The summed E-state index contributed by atoms with van der Waals surface area (Å²) in [6, 6.07) is 9.55. The molecular weight excluding hydrogens is 372 g/mol. The van der Waals surface area contributed by atoms with E-state index >= 15 is 0 Å². The topological polar surface area (TPSA) is 71.1 Å². The smallest absolute Gasteiger partial charge is 0.333 e. The van der Waals surface area contributed by atoms with Crippen LogP contribution in [0.1, 0.15) is 39.2 Å². The van der Waals surface area contributed by atoms with E-state index in [-0.39, 0.29) is 18.5 Å². The Bertz CT molecular complexity index is 609. The van der Waals surface area contributed by atoms with Crippen LogP contribution in [-0.4, -0.2) is 45.0 Å². The molecule has 0 amide bonds. The Kier molecular flexibility index (Phi) is 16.2. The number of ether oxygens (including phenoxy) is 4. The van der Waals surface area contributed by atoms with E-state index in [1.54, 1.807) is 13.8 Å². The summed E-state index contributed by atoms with van der Waals surface area (Å²) in [7, 11) is 0. The minimum Gasteiger partial charge on any atom is -0.460 e. The van der Waals surface area contributed by atoms with Gasteiger partial charge in [-0.2, -0.15) is 0 Å². The van der Waals surface area contributed by atoms with Crippen molar-refractivity contribution in [2.75, 3.05) is 33.0 Å². The maximum absolute atomic E-state index is 11.0. The van der Waals surface area contributed by atoms with Gasteiger partial charge in [0.2, 0.25) is 0 Å². The van der Waals surface area contributed by atoms with Gasteiger partial charge in [0.15, 0.2) is 0 Å². The first kappa shape index (κ1) is 26.6. The van der Waals surface area contributed by atoms with E-state index in [4.69, 9.17) is 18.9 Å². The SMILES string of the molecule is C=C(C)C(=O)OCCOCCOCCCC.C=C(C)C(=O)OCc1ccccc1. The fourth-order valence-electron chi connectivity index (χ4n) is 1.73. The molecule has 0 aromatic heterocycles. The number of unbranched alkanes of at least 4 members (excludes halogenated alkanes) is 1. The summed E-state index contributed by atoms with van der Waals surface area (Å²) in [5.74, 6) is -0.716. The van der Waals surface area contributed by atoms with Gasteiger partial charge in [0, 0.05) is 17.8 Å². The van der Waals surface area contributed by atoms with Crippen molar-refractivity contribution in [3.8, 4) is 0 Å². The zero-order valence-electron chi connectivity index (χ0n) is 17.9. The van der Waals surface area contributed by atoms with E-state index < -0.39 is 0 Å². The lowest BCUT2D eigenvalue weighted by Gasteiger charge is -2.06. The van der Waals surface area contributed by atoms with Crippen LogP contribution >= 0.6 is 0 Å². The van der Waals surface area contributed by atoms with Crippen LogP contribution in [0.4, 0.5) is 0 Å². The minimum atomic E-state index is -0.372. The summed E-state index contributed by atoms with van der Waals surface area (Å²) in [6.07, 6.45) is 2.22. The van der Waals surface area contributed by atoms with Crippen LogP contribution < -0.4 is 0 Å². The zero-order valence-corrected chi connectivity index (χ0v) is 17.9. The van der Waals surface area contributed by atoms with Gasteiger partial charge in [-0.25, -0.2) is 9.59 Å². The molecule has 0 spiro atoms. The molecule has 0 aliphatic rings. The van der Waals surface area contributed by atoms with Gasteiger partial charge in [-0.15, -0.1) is 0 Å². The summed E-state index contributed by atoms with van der Waals surface area (Å²) < 4.78 is 20.3. The largest absolute Gasteiger partial charge is 0.460 e. The number of hydrogen-bond acceptors (Lipinski definition) is 6. The number of esters is 2. The molecular formula is C23H34O6. The van der Waals surface area contributed by atoms with Crippen LogP contribution in [0.5, 0.6) is 0 Å². The van der Waals surface area contributed by atoms with Crippen molar-refractivity contribution in [2.24, 2.45) is 0 Å². The maximum Gasteiger partial charge on any atom is 0.333 e. The number of rotatable bonds is 13. The van der Waals surface area contributed by atoms with Crippen molar-refractivity contribution in [1.29, 1.82) is 0 Å². The first-order valence-corrected chi connectivity index (χ1v) is 9.73. The van der Waals surface area contributed by atoms with Gasteiger partial charge in [0.25, 0.3) is 0 Å². The molecule has 1 aromatic rings. The molecule has 0 aliphatic heterocycles. The normalized spacial score (nSPS) is 9.76. The average Bonchev–Trinajstić information content (AvgIpc) is 2.71. The second-order valence-corrected chi connectivity index (χ2v) is 6.34. The van der Waals surface area contributed by atoms with Gasteiger partial charge < -0.3 is 18.9 Å². The van der Waals surface area contributed by atoms with Crippen molar-refractivity contribution < 1.29 is 28.5 Å². The molecule has 0 atom stereocenters. The highest BCUT2D eigenvalue weighted by Crippen LogP contribution is 2.02. The van der Waals surface area contributed by atoms with Crippen molar-refractivity contribution in [2.45, 2.75) is 40.2 Å². The first-order chi connectivity index (χ1) is 13.9. The van der Waals surface area contributed by atoms with E-state index in [1.807, 2.05) is 30.3 Å². The number of hydrogen-bond donors (Lipinski definition) is 0. The molecule has 1 rings (SSSR count). The molecule has 0 aliphatic carbocycles. The molecule has 1 aromatic carbocycles. The van der Waals surface area contributed by atoms with Gasteiger partial charge in [-0.05, 0) is 25.8 Å². The predicted octanol–water partition coefficient (Wildman–Crippen LogP) is 4.24. The molecule has 0 unspecified atom stereocenters. The molecule has 0 bridgehead atoms. The Balaban J connectivity index is 0.000000551. The van der Waals surface area contributed by atoms with Crippen molar-refractivity contribution in [1.82, 2.24) is 0 Å². The van der Waals surface area contributed by atoms with Gasteiger partial charge in [0.1, 0.15) is 13.2 Å². The van der Waals surface area contributed by atoms with Gasteiger partial charge in [-0.1, -0.05) is 56.8 Å². The van der Waals surface area contributed by atoms with Crippen LogP contribution in [0.2, 0.25) is 0 Å². The molecule has 162 valence electrons. The van der Waals surface area contributed by atoms with Crippen molar-refractivity contribution >= 4 is 11.9 Å². The van der Waals surface area contributed by atoms with Crippen LogP contribution in [0.15, 0.2) is 54.6 Å². The van der Waals surface area contributed by atoms with Crippen LogP contribution in [0.3, 0.4) is 0 Å². The molecule has 0 radical (unpaired) electrons. The zero-order chi connectivity index (χ0) is 21.9. The van der Waals surface area contributed by atoms with Crippen LogP contribution in [0.25, 0.3) is 0 Å². The Morgan fingerprint density at radius 2 is 1.31 bits per heavy atom. The molecule has 0 N–H and O–H groups in total. The van der Waals surface area contributed by atoms with E-state index in [2.05, 4.69) is 20.1 Å². The maximum atomic E-state index is 11.0. The molecule has 0 saturated carbocycles. The average molecular weight is 407 g/mol. The molecule has 6 nitrogen and oxygen atoms in total. The summed E-state index contributed by atoms with van der Waals surface area (Å²) >= 11 is 0. The fourth-order valence-corrected chi connectivity index (χ4v) is 1.73. The third-order valence-electron chi connectivity index (χ3n) is 3.38. The third kappa shape index (κ3) is 16.2. The monoisotopic (exact) mass is 406 g/mol. The van der Waals surface area contributed by atoms with E-state index in [9.17, 15) is 9.59 Å². The standard InChI is InChI=1S/C12H22O4.C11H12O2/c1-4-5-6-14-7-8-15-9-10-16-12(13)11(2)3;1-9(2)11(12)13-8-10-6-4-3-5-7-10/h2,4-10H2,1,3H3;3-7H,1,8H2,2H3. The third-order valence-corrected chi connectivity index (χ3v) is 3.38. The Hall–Kier alpha value is -2.44. The minimum absolute atomic E-state index is 0.265. The Labute approximate surface area is 174 Å². The fraction of sp³-hybridized carbons (Fsp3) is 0.478. The second-order valence-electron chi connectivity index (χ2n) is 6.34. The molecule has 29 heavy (non-hydrogen) atoms. The Morgan fingerprint density at radius 1 is 0.793 bits per heavy atom. The molecule has 0 saturated heterocycles. The molecule has 6 heteroatoms. The number of carbonyl (C=O) groups excluding carboxylic acids is 2. The van der Waals surface area contributed by atoms with Gasteiger partial charge in [0.05, 0.1) is 19.8 Å². The van der Waals surface area contributed by atoms with Crippen LogP contribution in [0, 0.1) is 0 Å². The lowest BCUT2D eigenvalue weighted by molar-refractivity contribution is -0.141. The summed E-state index contributed by atoms with van der Waals surface area (Å²) in [5, 5.41) is 0. The summed E-state index contributed by atoms with van der Waals surface area (Å²) in [6.45, 7) is 15.2. The quantitative estimate of drug-likeness (QED) is 0.277. The lowest BCUT2D eigenvalue weighted by atomic mass is 10.2. The van der Waals surface area contributed by atoms with Crippen LogP contribution in [-0.2, 0) is 35.1 Å². The van der Waals surface area contributed by atoms with E-state index in [1.165, 1.54) is 0 Å². The molecule has 0 heterocycles. The first-order valence-electron chi connectivity index (χ1n) is 9.73. The number of carbonyl (C=O) groups is 2. The second kappa shape index (κ2) is 17.6. The highest BCUT2D eigenvalue weighted by atomic mass is 16.6. The number of benzene rings is 1. The van der Waals surface area contributed by atoms with Gasteiger partial charge >= 0.3 is 11.9 Å². The van der Waals surface area contributed by atoms with E-state index in [0.29, 0.717) is 37.6 Å². The predicted molar refractivity (Wildman–Crippen MR) is 113 cm³/mol. The highest BCUT2D eigenvalue weighted by Gasteiger charge is 2.02. The van der Waals surface area contributed by atoms with Crippen molar-refractivity contribution in [3.63, 3.8) is 0 Å². The summed E-state index contributed by atoms with van der Waals surface area (Å²) in [4.78, 5) is 21.9. The van der Waals surface area contributed by atoms with E-state index in [0.717, 1.165) is 25.0 Å². The lowest BCUT2D eigenvalue weighted by Crippen LogP contribution is -2.13. The molecule has 0 fully saturated rings. The van der Waals surface area contributed by atoms with Crippen molar-refractivity contribution in [3.05, 3.63) is 60.2 Å². The summed E-state index contributed by atoms with van der Waals surface area (Å²) in [5.41, 5.74) is 1.82. The van der Waals surface area contributed by atoms with Gasteiger partial charge in [-0.3, -0.25) is 0 Å². The Morgan fingerprint density at radius 3 is 1.86 bits per heavy atom. The highest BCUT2D eigenvalue weighted by molar-refractivity contribution is 5.87.